The molecule has 1 aromatic heterocycles. The molecular weight excluding hydrogens is 378 g/mol. The molecule has 0 aliphatic carbocycles. The number of aromatic nitrogens is 2. The summed E-state index contributed by atoms with van der Waals surface area (Å²) in [5.41, 5.74) is 2.07. The van der Waals surface area contributed by atoms with Crippen LogP contribution in [0.2, 0.25) is 5.02 Å². The first-order chi connectivity index (χ1) is 13.5. The molecule has 6 nitrogen and oxygen atoms in total. The van der Waals surface area contributed by atoms with Crippen LogP contribution in [-0.2, 0) is 20.0 Å². The number of halogens is 1. The normalized spacial score (nSPS) is 22.9. The van der Waals surface area contributed by atoms with Gasteiger partial charge in [0.15, 0.2) is 0 Å². The van der Waals surface area contributed by atoms with E-state index in [4.69, 9.17) is 16.3 Å². The van der Waals surface area contributed by atoms with Gasteiger partial charge >= 0.3 is 0 Å². The number of ether oxygens (including phenoxy) is 1. The summed E-state index contributed by atoms with van der Waals surface area (Å²) in [5.74, 6) is 0.740. The van der Waals surface area contributed by atoms with Crippen LogP contribution in [0.1, 0.15) is 36.9 Å². The van der Waals surface area contributed by atoms with Crippen molar-refractivity contribution in [3.8, 4) is 5.75 Å². The topological polar surface area (TPSA) is 70.8 Å². The number of aliphatic hydroxyl groups excluding tert-OH is 2. The zero-order valence-electron chi connectivity index (χ0n) is 16.4. The second-order valence-corrected chi connectivity index (χ2v) is 8.04. The highest BCUT2D eigenvalue weighted by atomic mass is 35.5. The summed E-state index contributed by atoms with van der Waals surface area (Å²) in [4.78, 5) is 6.71. The third-order valence-electron chi connectivity index (χ3n) is 5.18. The van der Waals surface area contributed by atoms with Gasteiger partial charge in [0, 0.05) is 31.4 Å². The fraction of sp³-hybridized carbons (Fsp3) is 0.571. The minimum absolute atomic E-state index is 0.0655. The number of aliphatic hydroxyl groups is 2. The molecule has 2 atom stereocenters. The van der Waals surface area contributed by atoms with Crippen molar-refractivity contribution in [2.75, 3.05) is 19.7 Å². The molecule has 7 heteroatoms. The van der Waals surface area contributed by atoms with Crippen molar-refractivity contribution in [3.05, 3.63) is 47.0 Å². The lowest BCUT2D eigenvalue weighted by Gasteiger charge is -2.25. The third kappa shape index (κ3) is 6.21. The number of benzene rings is 1. The highest BCUT2D eigenvalue weighted by molar-refractivity contribution is 6.30. The van der Waals surface area contributed by atoms with Crippen LogP contribution in [0, 0.1) is 0 Å². The Morgan fingerprint density at radius 1 is 1.18 bits per heavy atom. The van der Waals surface area contributed by atoms with Crippen molar-refractivity contribution in [2.45, 2.75) is 50.9 Å². The van der Waals surface area contributed by atoms with E-state index in [0.717, 1.165) is 55.8 Å². The Morgan fingerprint density at radius 2 is 2.04 bits per heavy atom. The molecule has 0 saturated carbocycles. The largest absolute Gasteiger partial charge is 0.491 e. The van der Waals surface area contributed by atoms with E-state index in [0.29, 0.717) is 18.0 Å². The monoisotopic (exact) mass is 407 g/mol. The summed E-state index contributed by atoms with van der Waals surface area (Å²) < 4.78 is 7.74. The van der Waals surface area contributed by atoms with Crippen LogP contribution < -0.4 is 4.74 Å². The molecule has 3 rings (SSSR count). The molecule has 0 spiro atoms. The van der Waals surface area contributed by atoms with Crippen LogP contribution in [0.4, 0.5) is 0 Å². The van der Waals surface area contributed by atoms with Crippen LogP contribution in [0.25, 0.3) is 0 Å². The van der Waals surface area contributed by atoms with E-state index >= 15 is 0 Å². The summed E-state index contributed by atoms with van der Waals surface area (Å²) in [7, 11) is 1.96. The van der Waals surface area contributed by atoms with Gasteiger partial charge in [0.1, 0.15) is 18.5 Å². The standard InChI is InChI=1S/C21H30ClN3O3/c1-24-12-18(23-15-24)13-25-9-4-2-3-5-16-11-17(22)6-7-21(16)28-14-20(27)19(26)8-10-25/h6-7,11-12,15,19-20,26-27H,2-5,8-10,13-14H2,1H3/t19-,20+/m0/s1. The lowest BCUT2D eigenvalue weighted by Crippen LogP contribution is -2.36. The van der Waals surface area contributed by atoms with Crippen molar-refractivity contribution in [3.63, 3.8) is 0 Å². The van der Waals surface area contributed by atoms with Gasteiger partial charge < -0.3 is 19.5 Å². The smallest absolute Gasteiger partial charge is 0.122 e. The average molecular weight is 408 g/mol. The maximum atomic E-state index is 10.4. The van der Waals surface area contributed by atoms with Gasteiger partial charge in [0.2, 0.25) is 0 Å². The Kier molecular flexibility index (Phi) is 7.73. The van der Waals surface area contributed by atoms with Gasteiger partial charge in [0.25, 0.3) is 0 Å². The predicted octanol–water partition coefficient (Wildman–Crippen LogP) is 2.79. The van der Waals surface area contributed by atoms with Crippen molar-refractivity contribution in [1.82, 2.24) is 14.5 Å². The second kappa shape index (κ2) is 10.3. The van der Waals surface area contributed by atoms with Crippen molar-refractivity contribution >= 4 is 11.6 Å². The minimum Gasteiger partial charge on any atom is -0.491 e. The van der Waals surface area contributed by atoms with E-state index in [1.807, 2.05) is 29.9 Å². The second-order valence-electron chi connectivity index (χ2n) is 7.60. The SMILES string of the molecule is Cn1cnc(CN2CCCCCc3cc(Cl)ccc3OC[C@@H](O)[C@@H](O)CC2)c1. The molecule has 1 aliphatic heterocycles. The Morgan fingerprint density at radius 3 is 2.82 bits per heavy atom. The highest BCUT2D eigenvalue weighted by Crippen LogP contribution is 2.25. The number of hydrogen-bond acceptors (Lipinski definition) is 5. The van der Waals surface area contributed by atoms with E-state index in [2.05, 4.69) is 9.88 Å². The Balaban J connectivity index is 1.66. The molecule has 2 heterocycles. The van der Waals surface area contributed by atoms with E-state index in [1.165, 1.54) is 0 Å². The van der Waals surface area contributed by atoms with Crippen molar-refractivity contribution < 1.29 is 14.9 Å². The molecule has 0 fully saturated rings. The molecule has 0 radical (unpaired) electrons. The zero-order chi connectivity index (χ0) is 19.9. The Labute approximate surface area is 171 Å². The summed E-state index contributed by atoms with van der Waals surface area (Å²) in [6, 6.07) is 5.57. The lowest BCUT2D eigenvalue weighted by molar-refractivity contribution is -0.0163. The molecule has 2 aromatic rings. The number of rotatable bonds is 2. The maximum Gasteiger partial charge on any atom is 0.122 e. The van der Waals surface area contributed by atoms with Gasteiger partial charge in [-0.3, -0.25) is 4.90 Å². The molecule has 1 aromatic carbocycles. The highest BCUT2D eigenvalue weighted by Gasteiger charge is 2.20. The first-order valence-corrected chi connectivity index (χ1v) is 10.4. The molecular formula is C21H30ClN3O3. The van der Waals surface area contributed by atoms with Crippen LogP contribution in [0.5, 0.6) is 5.75 Å². The molecule has 28 heavy (non-hydrogen) atoms. The van der Waals surface area contributed by atoms with E-state index in [9.17, 15) is 10.2 Å². The number of aryl methyl sites for hydroxylation is 2. The quantitative estimate of drug-likeness (QED) is 0.801. The predicted molar refractivity (Wildman–Crippen MR) is 110 cm³/mol. The maximum absolute atomic E-state index is 10.4. The first-order valence-electron chi connectivity index (χ1n) is 9.98. The summed E-state index contributed by atoms with van der Waals surface area (Å²) in [5, 5.41) is 21.4. The fourth-order valence-electron chi connectivity index (χ4n) is 3.55. The van der Waals surface area contributed by atoms with E-state index in [1.54, 1.807) is 12.4 Å². The Hall–Kier alpha value is -1.60. The Bertz CT molecular complexity index is 752. The summed E-state index contributed by atoms with van der Waals surface area (Å²) >= 11 is 6.14. The van der Waals surface area contributed by atoms with Gasteiger partial charge in [-0.05, 0) is 56.0 Å². The van der Waals surface area contributed by atoms with Crippen LogP contribution >= 0.6 is 11.6 Å². The molecule has 154 valence electrons. The van der Waals surface area contributed by atoms with Crippen molar-refractivity contribution in [1.29, 1.82) is 0 Å². The van der Waals surface area contributed by atoms with Crippen LogP contribution in [-0.4, -0.2) is 56.6 Å². The fourth-order valence-corrected chi connectivity index (χ4v) is 3.75. The molecule has 0 saturated heterocycles. The number of fused-ring (bicyclic) bond motifs is 1. The molecule has 0 unspecified atom stereocenters. The average Bonchev–Trinajstić information content (AvgIpc) is 3.08. The number of nitrogens with zero attached hydrogens (tertiary/aromatic N) is 3. The minimum atomic E-state index is -0.928. The molecule has 1 aliphatic rings. The van der Waals surface area contributed by atoms with Gasteiger partial charge in [-0.25, -0.2) is 4.98 Å². The van der Waals surface area contributed by atoms with Gasteiger partial charge in [-0.2, -0.15) is 0 Å². The molecule has 0 amide bonds. The summed E-state index contributed by atoms with van der Waals surface area (Å²) in [6.07, 6.45) is 6.67. The van der Waals surface area contributed by atoms with Gasteiger partial charge in [-0.1, -0.05) is 18.0 Å². The third-order valence-corrected chi connectivity index (χ3v) is 5.42. The number of imidazole rings is 1. The number of hydrogen-bond donors (Lipinski definition) is 2. The molecule has 0 bridgehead atoms. The van der Waals surface area contributed by atoms with E-state index in [-0.39, 0.29) is 6.61 Å². The van der Waals surface area contributed by atoms with Crippen LogP contribution in [0.3, 0.4) is 0 Å². The summed E-state index contributed by atoms with van der Waals surface area (Å²) in [6.45, 7) is 2.47. The lowest BCUT2D eigenvalue weighted by atomic mass is 10.0. The first kappa shape index (κ1) is 21.1. The van der Waals surface area contributed by atoms with Crippen LogP contribution in [0.15, 0.2) is 30.7 Å². The van der Waals surface area contributed by atoms with Gasteiger partial charge in [-0.15, -0.1) is 0 Å². The van der Waals surface area contributed by atoms with E-state index < -0.39 is 12.2 Å². The molecule has 2 N–H and O–H groups in total. The zero-order valence-corrected chi connectivity index (χ0v) is 17.2. The van der Waals surface area contributed by atoms with Gasteiger partial charge in [0.05, 0.1) is 18.1 Å². The van der Waals surface area contributed by atoms with Crippen molar-refractivity contribution in [2.24, 2.45) is 7.05 Å².